The van der Waals surface area contributed by atoms with Crippen molar-refractivity contribution >= 4 is 11.3 Å². The van der Waals surface area contributed by atoms with Gasteiger partial charge in [0.1, 0.15) is 5.75 Å². The lowest BCUT2D eigenvalue weighted by Gasteiger charge is -2.15. The molecule has 0 saturated carbocycles. The van der Waals surface area contributed by atoms with Crippen molar-refractivity contribution in [2.24, 2.45) is 0 Å². The standard InChI is InChI=1S/C15H17F2NO2S/c1-10-3-2-4-11(14(10)20-15(16)17)7-18-8-13(19)12-5-6-21-9-12/h2-6,9,13,15,18-19H,7-8H2,1H3. The normalized spacial score (nSPS) is 12.6. The van der Waals surface area contributed by atoms with E-state index < -0.39 is 12.7 Å². The minimum Gasteiger partial charge on any atom is -0.434 e. The monoisotopic (exact) mass is 313 g/mol. The first-order chi connectivity index (χ1) is 10.1. The van der Waals surface area contributed by atoms with E-state index >= 15 is 0 Å². The van der Waals surface area contributed by atoms with E-state index in [0.29, 0.717) is 24.2 Å². The van der Waals surface area contributed by atoms with Crippen LogP contribution in [-0.4, -0.2) is 18.3 Å². The van der Waals surface area contributed by atoms with Gasteiger partial charge in [-0.1, -0.05) is 18.2 Å². The minimum absolute atomic E-state index is 0.199. The van der Waals surface area contributed by atoms with Crippen LogP contribution in [0.4, 0.5) is 8.78 Å². The van der Waals surface area contributed by atoms with Gasteiger partial charge in [0.05, 0.1) is 6.10 Å². The van der Waals surface area contributed by atoms with Gasteiger partial charge in [0.15, 0.2) is 0 Å². The molecule has 0 aliphatic heterocycles. The molecule has 1 unspecified atom stereocenters. The number of aryl methyl sites for hydroxylation is 1. The lowest BCUT2D eigenvalue weighted by molar-refractivity contribution is -0.0509. The van der Waals surface area contributed by atoms with Crippen molar-refractivity contribution in [3.05, 3.63) is 51.7 Å². The molecule has 0 radical (unpaired) electrons. The molecular weight excluding hydrogens is 296 g/mol. The second-order valence-corrected chi connectivity index (χ2v) is 5.43. The van der Waals surface area contributed by atoms with E-state index in [1.165, 1.54) is 11.3 Å². The molecule has 1 aromatic carbocycles. The predicted molar refractivity (Wildman–Crippen MR) is 78.8 cm³/mol. The molecule has 114 valence electrons. The Bertz CT molecular complexity index is 561. The fourth-order valence-electron chi connectivity index (χ4n) is 2.04. The minimum atomic E-state index is -2.85. The summed E-state index contributed by atoms with van der Waals surface area (Å²) in [6.45, 7) is -0.424. The maximum atomic E-state index is 12.4. The topological polar surface area (TPSA) is 41.5 Å². The SMILES string of the molecule is Cc1cccc(CNCC(O)c2ccsc2)c1OC(F)F. The Labute approximate surface area is 126 Å². The molecule has 2 aromatic rings. The third kappa shape index (κ3) is 4.49. The first-order valence-corrected chi connectivity index (χ1v) is 7.46. The van der Waals surface area contributed by atoms with Gasteiger partial charge < -0.3 is 15.2 Å². The summed E-state index contributed by atoms with van der Waals surface area (Å²) in [6, 6.07) is 7.10. The number of nitrogens with one attached hydrogen (secondary N) is 1. The molecule has 1 atom stereocenters. The molecule has 0 saturated heterocycles. The van der Waals surface area contributed by atoms with Gasteiger partial charge in [-0.15, -0.1) is 0 Å². The number of rotatable bonds is 7. The molecule has 2 N–H and O–H groups in total. The highest BCUT2D eigenvalue weighted by molar-refractivity contribution is 7.07. The highest BCUT2D eigenvalue weighted by atomic mass is 32.1. The van der Waals surface area contributed by atoms with Crippen LogP contribution in [0, 0.1) is 6.92 Å². The van der Waals surface area contributed by atoms with E-state index in [0.717, 1.165) is 5.56 Å². The van der Waals surface area contributed by atoms with Crippen LogP contribution >= 0.6 is 11.3 Å². The summed E-state index contributed by atoms with van der Waals surface area (Å²) in [4.78, 5) is 0. The predicted octanol–water partition coefficient (Wildman–Crippen LogP) is 3.48. The van der Waals surface area contributed by atoms with Crippen molar-refractivity contribution in [1.82, 2.24) is 5.32 Å². The van der Waals surface area contributed by atoms with Gasteiger partial charge in [0.2, 0.25) is 0 Å². The van der Waals surface area contributed by atoms with Crippen LogP contribution in [0.3, 0.4) is 0 Å². The molecule has 0 bridgehead atoms. The molecule has 0 fully saturated rings. The number of hydrogen-bond donors (Lipinski definition) is 2. The highest BCUT2D eigenvalue weighted by Gasteiger charge is 2.13. The van der Waals surface area contributed by atoms with Crippen LogP contribution < -0.4 is 10.1 Å². The molecule has 0 amide bonds. The summed E-state index contributed by atoms with van der Waals surface area (Å²) in [5, 5.41) is 16.8. The first kappa shape index (κ1) is 15.9. The van der Waals surface area contributed by atoms with Crippen LogP contribution in [0.25, 0.3) is 0 Å². The van der Waals surface area contributed by atoms with Crippen LogP contribution in [-0.2, 0) is 6.54 Å². The number of halogens is 2. The molecule has 21 heavy (non-hydrogen) atoms. The number of para-hydroxylation sites is 1. The Hall–Kier alpha value is -1.50. The number of aliphatic hydroxyl groups excluding tert-OH is 1. The molecule has 0 aliphatic rings. The Kier molecular flexibility index (Phi) is 5.67. The largest absolute Gasteiger partial charge is 0.434 e. The van der Waals surface area contributed by atoms with Crippen molar-refractivity contribution in [2.75, 3.05) is 6.54 Å². The molecule has 6 heteroatoms. The van der Waals surface area contributed by atoms with Crippen molar-refractivity contribution in [3.8, 4) is 5.75 Å². The second kappa shape index (κ2) is 7.49. The number of ether oxygens (including phenoxy) is 1. The lowest BCUT2D eigenvalue weighted by atomic mass is 10.1. The molecule has 0 spiro atoms. The zero-order valence-electron chi connectivity index (χ0n) is 11.6. The average molecular weight is 313 g/mol. The van der Waals surface area contributed by atoms with Crippen molar-refractivity contribution < 1.29 is 18.6 Å². The zero-order valence-corrected chi connectivity index (χ0v) is 12.4. The van der Waals surface area contributed by atoms with Gasteiger partial charge >= 0.3 is 6.61 Å². The smallest absolute Gasteiger partial charge is 0.387 e. The van der Waals surface area contributed by atoms with Crippen LogP contribution in [0.5, 0.6) is 5.75 Å². The molecule has 2 rings (SSSR count). The van der Waals surface area contributed by atoms with Gasteiger partial charge in [-0.3, -0.25) is 0 Å². The Balaban J connectivity index is 1.95. The quantitative estimate of drug-likeness (QED) is 0.822. The second-order valence-electron chi connectivity index (χ2n) is 4.65. The van der Waals surface area contributed by atoms with Gasteiger partial charge in [0.25, 0.3) is 0 Å². The van der Waals surface area contributed by atoms with Gasteiger partial charge in [-0.2, -0.15) is 20.1 Å². The molecular formula is C15H17F2NO2S. The molecule has 0 aliphatic carbocycles. The molecule has 1 aromatic heterocycles. The maximum absolute atomic E-state index is 12.4. The Morgan fingerprint density at radius 3 is 2.81 bits per heavy atom. The van der Waals surface area contributed by atoms with Gasteiger partial charge in [-0.05, 0) is 34.9 Å². The number of hydrogen-bond acceptors (Lipinski definition) is 4. The molecule has 1 heterocycles. The highest BCUT2D eigenvalue weighted by Crippen LogP contribution is 2.25. The number of aliphatic hydroxyl groups is 1. The zero-order chi connectivity index (χ0) is 15.2. The van der Waals surface area contributed by atoms with E-state index in [9.17, 15) is 13.9 Å². The van der Waals surface area contributed by atoms with E-state index in [-0.39, 0.29) is 5.75 Å². The van der Waals surface area contributed by atoms with Crippen LogP contribution in [0.1, 0.15) is 22.8 Å². The maximum Gasteiger partial charge on any atom is 0.387 e. The number of benzene rings is 1. The van der Waals surface area contributed by atoms with Gasteiger partial charge in [-0.25, -0.2) is 0 Å². The summed E-state index contributed by atoms with van der Waals surface area (Å²) >= 11 is 1.52. The van der Waals surface area contributed by atoms with E-state index in [1.807, 2.05) is 16.8 Å². The Morgan fingerprint density at radius 1 is 1.33 bits per heavy atom. The van der Waals surface area contributed by atoms with E-state index in [4.69, 9.17) is 0 Å². The fraction of sp³-hybridized carbons (Fsp3) is 0.333. The molecule has 3 nitrogen and oxygen atoms in total. The van der Waals surface area contributed by atoms with E-state index in [2.05, 4.69) is 10.1 Å². The van der Waals surface area contributed by atoms with Gasteiger partial charge in [0, 0.05) is 18.7 Å². The first-order valence-electron chi connectivity index (χ1n) is 6.52. The van der Waals surface area contributed by atoms with Crippen LogP contribution in [0.2, 0.25) is 0 Å². The van der Waals surface area contributed by atoms with Crippen LogP contribution in [0.15, 0.2) is 35.0 Å². The number of thiophene rings is 1. The lowest BCUT2D eigenvalue weighted by Crippen LogP contribution is -2.21. The summed E-state index contributed by atoms with van der Waals surface area (Å²) in [5.74, 6) is 0.199. The fourth-order valence-corrected chi connectivity index (χ4v) is 2.74. The summed E-state index contributed by atoms with van der Waals surface area (Å²) in [6.07, 6.45) is -0.611. The third-order valence-electron chi connectivity index (χ3n) is 3.08. The Morgan fingerprint density at radius 2 is 2.14 bits per heavy atom. The summed E-state index contributed by atoms with van der Waals surface area (Å²) < 4.78 is 29.4. The third-order valence-corrected chi connectivity index (χ3v) is 3.78. The van der Waals surface area contributed by atoms with Crippen molar-refractivity contribution in [1.29, 1.82) is 0 Å². The van der Waals surface area contributed by atoms with Crippen molar-refractivity contribution in [3.63, 3.8) is 0 Å². The average Bonchev–Trinajstić information content (AvgIpc) is 2.96. The number of alkyl halides is 2. The summed E-state index contributed by atoms with van der Waals surface area (Å²) in [7, 11) is 0. The summed E-state index contributed by atoms with van der Waals surface area (Å²) in [5.41, 5.74) is 2.15. The van der Waals surface area contributed by atoms with E-state index in [1.54, 1.807) is 25.1 Å². The van der Waals surface area contributed by atoms with Crippen molar-refractivity contribution in [2.45, 2.75) is 26.2 Å².